The standard InChI is InChI=1S/C15H21N3OS2/c1-11-10-16-15(21-11)18-7-5-17(6-8-18)14(19)12(2)13-4-3-9-20-13/h3-4,9,11-12H,5-8,10H2,1-2H3/t11-,12+/m1/s1. The van der Waals surface area contributed by atoms with Crippen LogP contribution in [0.2, 0.25) is 0 Å². The molecule has 6 heteroatoms. The highest BCUT2D eigenvalue weighted by atomic mass is 32.2. The first kappa shape index (κ1) is 14.9. The fourth-order valence-electron chi connectivity index (χ4n) is 2.69. The molecule has 0 radical (unpaired) electrons. The molecule has 0 aromatic carbocycles. The SMILES string of the molecule is C[C@@H]1CN=C(N2CCN(C(=O)[C@@H](C)c3cccs3)CC2)S1. The number of amides is 1. The zero-order valence-electron chi connectivity index (χ0n) is 12.5. The van der Waals surface area contributed by atoms with Crippen LogP contribution in [-0.4, -0.2) is 58.8 Å². The van der Waals surface area contributed by atoms with E-state index in [0.717, 1.165) is 37.6 Å². The van der Waals surface area contributed by atoms with Gasteiger partial charge in [-0.2, -0.15) is 0 Å². The molecule has 0 N–H and O–H groups in total. The van der Waals surface area contributed by atoms with Crippen molar-refractivity contribution in [2.75, 3.05) is 32.7 Å². The molecule has 3 heterocycles. The summed E-state index contributed by atoms with van der Waals surface area (Å²) >= 11 is 3.52. The molecule has 1 fully saturated rings. The third-order valence-corrected chi connectivity index (χ3v) is 6.20. The molecule has 3 rings (SSSR count). The van der Waals surface area contributed by atoms with Gasteiger partial charge in [-0.05, 0) is 18.4 Å². The van der Waals surface area contributed by atoms with Gasteiger partial charge in [-0.15, -0.1) is 11.3 Å². The summed E-state index contributed by atoms with van der Waals surface area (Å²) in [6, 6.07) is 4.06. The molecule has 2 aliphatic heterocycles. The number of piperazine rings is 1. The van der Waals surface area contributed by atoms with Crippen LogP contribution in [0.25, 0.3) is 0 Å². The van der Waals surface area contributed by atoms with Crippen molar-refractivity contribution in [3.63, 3.8) is 0 Å². The monoisotopic (exact) mass is 323 g/mol. The maximum absolute atomic E-state index is 12.6. The molecule has 0 bridgehead atoms. The van der Waals surface area contributed by atoms with Gasteiger partial charge in [0.15, 0.2) is 5.17 Å². The number of carbonyl (C=O) groups excluding carboxylic acids is 1. The second-order valence-electron chi connectivity index (χ2n) is 5.60. The van der Waals surface area contributed by atoms with Gasteiger partial charge in [0.25, 0.3) is 0 Å². The average Bonchev–Trinajstić information content (AvgIpc) is 3.17. The number of nitrogens with zero attached hydrogens (tertiary/aromatic N) is 3. The number of rotatable bonds is 2. The molecule has 0 unspecified atom stereocenters. The van der Waals surface area contributed by atoms with Gasteiger partial charge in [0.1, 0.15) is 0 Å². The van der Waals surface area contributed by atoms with E-state index in [1.807, 2.05) is 35.0 Å². The van der Waals surface area contributed by atoms with Crippen molar-refractivity contribution in [3.8, 4) is 0 Å². The summed E-state index contributed by atoms with van der Waals surface area (Å²) in [5, 5.41) is 3.80. The first-order valence-corrected chi connectivity index (χ1v) is 9.19. The van der Waals surface area contributed by atoms with Crippen LogP contribution in [0.3, 0.4) is 0 Å². The van der Waals surface area contributed by atoms with Crippen molar-refractivity contribution < 1.29 is 4.79 Å². The van der Waals surface area contributed by atoms with Gasteiger partial charge in [0.2, 0.25) is 5.91 Å². The highest BCUT2D eigenvalue weighted by Crippen LogP contribution is 2.26. The van der Waals surface area contributed by atoms with Crippen molar-refractivity contribution in [3.05, 3.63) is 22.4 Å². The van der Waals surface area contributed by atoms with E-state index >= 15 is 0 Å². The lowest BCUT2D eigenvalue weighted by Crippen LogP contribution is -2.50. The van der Waals surface area contributed by atoms with Crippen molar-refractivity contribution in [2.45, 2.75) is 25.0 Å². The number of carbonyl (C=O) groups is 1. The summed E-state index contributed by atoms with van der Waals surface area (Å²) in [5.74, 6) is 0.237. The van der Waals surface area contributed by atoms with E-state index < -0.39 is 0 Å². The highest BCUT2D eigenvalue weighted by Gasteiger charge is 2.29. The Morgan fingerprint density at radius 2 is 2.14 bits per heavy atom. The number of thioether (sulfide) groups is 1. The molecule has 1 saturated heterocycles. The minimum absolute atomic E-state index is 0.0187. The lowest BCUT2D eigenvalue weighted by Gasteiger charge is -2.36. The summed E-state index contributed by atoms with van der Waals surface area (Å²) in [7, 11) is 0. The summed E-state index contributed by atoms with van der Waals surface area (Å²) < 4.78 is 0. The second-order valence-corrected chi connectivity index (χ2v) is 7.99. The zero-order chi connectivity index (χ0) is 14.8. The fraction of sp³-hybridized carbons (Fsp3) is 0.600. The Bertz CT molecular complexity index is 521. The Labute approximate surface area is 134 Å². The minimum atomic E-state index is -0.0187. The molecule has 2 aliphatic rings. The molecular weight excluding hydrogens is 302 g/mol. The van der Waals surface area contributed by atoms with Crippen LogP contribution < -0.4 is 0 Å². The van der Waals surface area contributed by atoms with Crippen molar-refractivity contribution in [1.82, 2.24) is 9.80 Å². The molecule has 1 amide bonds. The number of thiophene rings is 1. The molecular formula is C15H21N3OS2. The minimum Gasteiger partial charge on any atom is -0.348 e. The smallest absolute Gasteiger partial charge is 0.230 e. The third kappa shape index (κ3) is 3.26. The summed E-state index contributed by atoms with van der Waals surface area (Å²) in [5.41, 5.74) is 0. The fourth-order valence-corrected chi connectivity index (χ4v) is 4.45. The molecule has 0 aliphatic carbocycles. The molecule has 1 aromatic heterocycles. The topological polar surface area (TPSA) is 35.9 Å². The van der Waals surface area contributed by atoms with Crippen molar-refractivity contribution in [1.29, 1.82) is 0 Å². The van der Waals surface area contributed by atoms with E-state index in [4.69, 9.17) is 0 Å². The van der Waals surface area contributed by atoms with E-state index in [2.05, 4.69) is 22.9 Å². The van der Waals surface area contributed by atoms with E-state index in [9.17, 15) is 4.79 Å². The Hall–Kier alpha value is -1.01. The highest BCUT2D eigenvalue weighted by molar-refractivity contribution is 8.14. The normalized spacial score (nSPS) is 24.1. The van der Waals surface area contributed by atoms with Crippen molar-refractivity contribution in [2.24, 2.45) is 4.99 Å². The molecule has 114 valence electrons. The van der Waals surface area contributed by atoms with Crippen LogP contribution in [0.4, 0.5) is 0 Å². The molecule has 4 nitrogen and oxygen atoms in total. The lowest BCUT2D eigenvalue weighted by atomic mass is 10.1. The van der Waals surface area contributed by atoms with Crippen LogP contribution in [0.15, 0.2) is 22.5 Å². The Balaban J connectivity index is 1.55. The lowest BCUT2D eigenvalue weighted by molar-refractivity contribution is -0.133. The van der Waals surface area contributed by atoms with E-state index in [1.165, 1.54) is 5.17 Å². The molecule has 0 spiro atoms. The number of amidine groups is 1. The van der Waals surface area contributed by atoms with E-state index in [1.54, 1.807) is 11.3 Å². The first-order valence-electron chi connectivity index (χ1n) is 7.43. The van der Waals surface area contributed by atoms with Crippen LogP contribution in [0.1, 0.15) is 24.6 Å². The molecule has 21 heavy (non-hydrogen) atoms. The number of aliphatic imine (C=N–C) groups is 1. The van der Waals surface area contributed by atoms with Crippen molar-refractivity contribution >= 4 is 34.2 Å². The Morgan fingerprint density at radius 1 is 1.38 bits per heavy atom. The van der Waals surface area contributed by atoms with E-state index in [0.29, 0.717) is 5.25 Å². The van der Waals surface area contributed by atoms with Gasteiger partial charge in [0.05, 0.1) is 12.5 Å². The Kier molecular flexibility index (Phi) is 4.54. The molecule has 2 atom stereocenters. The Morgan fingerprint density at radius 3 is 2.71 bits per heavy atom. The zero-order valence-corrected chi connectivity index (χ0v) is 14.1. The average molecular weight is 323 g/mol. The third-order valence-electron chi connectivity index (χ3n) is 3.99. The number of hydrogen-bond donors (Lipinski definition) is 0. The van der Waals surface area contributed by atoms with Gasteiger partial charge in [0, 0.05) is 36.3 Å². The molecule has 1 aromatic rings. The van der Waals surface area contributed by atoms with Crippen LogP contribution in [-0.2, 0) is 4.79 Å². The summed E-state index contributed by atoms with van der Waals surface area (Å²) in [6.07, 6.45) is 0. The second kappa shape index (κ2) is 6.40. The van der Waals surface area contributed by atoms with Crippen LogP contribution >= 0.6 is 23.1 Å². The quantitative estimate of drug-likeness (QED) is 0.839. The predicted molar refractivity (Wildman–Crippen MR) is 90.2 cm³/mol. The maximum Gasteiger partial charge on any atom is 0.230 e. The number of hydrogen-bond acceptors (Lipinski definition) is 5. The predicted octanol–water partition coefficient (Wildman–Crippen LogP) is 2.49. The van der Waals surface area contributed by atoms with Gasteiger partial charge >= 0.3 is 0 Å². The molecule has 0 saturated carbocycles. The van der Waals surface area contributed by atoms with Crippen LogP contribution in [0.5, 0.6) is 0 Å². The largest absolute Gasteiger partial charge is 0.348 e. The van der Waals surface area contributed by atoms with Crippen LogP contribution in [0, 0.1) is 0 Å². The van der Waals surface area contributed by atoms with Gasteiger partial charge in [-0.3, -0.25) is 9.79 Å². The maximum atomic E-state index is 12.6. The summed E-state index contributed by atoms with van der Waals surface area (Å²) in [4.78, 5) is 22.6. The van der Waals surface area contributed by atoms with Gasteiger partial charge < -0.3 is 9.80 Å². The summed E-state index contributed by atoms with van der Waals surface area (Å²) in [6.45, 7) is 8.57. The van der Waals surface area contributed by atoms with Gasteiger partial charge in [-0.25, -0.2) is 0 Å². The van der Waals surface area contributed by atoms with Gasteiger partial charge in [-0.1, -0.05) is 24.8 Å². The van der Waals surface area contributed by atoms with E-state index in [-0.39, 0.29) is 11.8 Å². The first-order chi connectivity index (χ1) is 10.1.